The average Bonchev–Trinajstić information content (AvgIpc) is 2.41. The summed E-state index contributed by atoms with van der Waals surface area (Å²) in [5, 5.41) is 13.2. The summed E-state index contributed by atoms with van der Waals surface area (Å²) < 4.78 is 14.3. The van der Waals surface area contributed by atoms with E-state index in [-0.39, 0.29) is 5.56 Å². The first kappa shape index (κ1) is 16.8. The molecule has 0 heterocycles. The van der Waals surface area contributed by atoms with Crippen molar-refractivity contribution in [2.24, 2.45) is 0 Å². The van der Waals surface area contributed by atoms with Gasteiger partial charge in [0, 0.05) is 18.2 Å². The third-order valence-corrected chi connectivity index (χ3v) is 3.46. The Balaban J connectivity index is 2.49. The predicted molar refractivity (Wildman–Crippen MR) is 82.7 cm³/mol. The third kappa shape index (κ3) is 5.81. The van der Waals surface area contributed by atoms with Crippen molar-refractivity contribution in [2.45, 2.75) is 25.7 Å². The second-order valence-electron chi connectivity index (χ2n) is 4.31. The van der Waals surface area contributed by atoms with Crippen LogP contribution in [0, 0.1) is 15.9 Å². The van der Waals surface area contributed by atoms with Crippen LogP contribution in [-0.4, -0.2) is 21.8 Å². The van der Waals surface area contributed by atoms with Crippen LogP contribution in [0.2, 0.25) is 0 Å². The molecule has 0 aliphatic carbocycles. The lowest BCUT2D eigenvalue weighted by Crippen LogP contribution is -2.24. The number of nitrogens with one attached hydrogen (secondary N) is 1. The SMILES string of the molecule is O=C(NCCCCCCI)c1cc(F)cc([N+](=O)[O-])c1. The van der Waals surface area contributed by atoms with Gasteiger partial charge in [0.15, 0.2) is 0 Å². The van der Waals surface area contributed by atoms with Crippen LogP contribution in [0.4, 0.5) is 10.1 Å². The minimum absolute atomic E-state index is 0.0241. The fraction of sp³-hybridized carbons (Fsp3) is 0.462. The minimum Gasteiger partial charge on any atom is -0.352 e. The Bertz CT molecular complexity index is 483. The third-order valence-electron chi connectivity index (χ3n) is 2.70. The zero-order valence-electron chi connectivity index (χ0n) is 10.9. The second kappa shape index (κ2) is 8.83. The Hall–Kier alpha value is -1.25. The molecule has 0 saturated heterocycles. The van der Waals surface area contributed by atoms with E-state index in [2.05, 4.69) is 27.9 Å². The quantitative estimate of drug-likeness (QED) is 0.241. The van der Waals surface area contributed by atoms with Crippen LogP contribution in [0.1, 0.15) is 36.0 Å². The van der Waals surface area contributed by atoms with Crippen molar-refractivity contribution in [3.63, 3.8) is 0 Å². The monoisotopic (exact) mass is 394 g/mol. The van der Waals surface area contributed by atoms with Gasteiger partial charge in [-0.15, -0.1) is 0 Å². The maximum absolute atomic E-state index is 13.2. The molecule has 0 fully saturated rings. The summed E-state index contributed by atoms with van der Waals surface area (Å²) >= 11 is 2.32. The molecule has 0 bridgehead atoms. The van der Waals surface area contributed by atoms with Gasteiger partial charge in [-0.3, -0.25) is 14.9 Å². The first-order valence-corrected chi connectivity index (χ1v) is 7.86. The maximum atomic E-state index is 13.2. The smallest absolute Gasteiger partial charge is 0.273 e. The van der Waals surface area contributed by atoms with Crippen molar-refractivity contribution >= 4 is 34.2 Å². The Labute approximate surface area is 130 Å². The van der Waals surface area contributed by atoms with Gasteiger partial charge >= 0.3 is 0 Å². The highest BCUT2D eigenvalue weighted by Crippen LogP contribution is 2.16. The number of hydrogen-bond acceptors (Lipinski definition) is 3. The standard InChI is InChI=1S/C13H16FIN2O3/c14-11-7-10(8-12(9-11)17(19)20)13(18)16-6-4-2-1-3-5-15/h7-9H,1-6H2,(H,16,18). The Morgan fingerprint density at radius 3 is 2.60 bits per heavy atom. The van der Waals surface area contributed by atoms with Gasteiger partial charge in [-0.1, -0.05) is 35.4 Å². The average molecular weight is 394 g/mol. The molecule has 7 heteroatoms. The summed E-state index contributed by atoms with van der Waals surface area (Å²) in [5.74, 6) is -1.27. The lowest BCUT2D eigenvalue weighted by Gasteiger charge is -2.05. The highest BCUT2D eigenvalue weighted by molar-refractivity contribution is 14.1. The van der Waals surface area contributed by atoms with Gasteiger partial charge in [0.05, 0.1) is 11.0 Å². The van der Waals surface area contributed by atoms with Gasteiger partial charge in [0.1, 0.15) is 5.82 Å². The molecule has 1 aromatic carbocycles. The van der Waals surface area contributed by atoms with E-state index in [1.165, 1.54) is 0 Å². The van der Waals surface area contributed by atoms with Crippen molar-refractivity contribution in [1.29, 1.82) is 0 Å². The number of nitro groups is 1. The van der Waals surface area contributed by atoms with Crippen LogP contribution in [0.15, 0.2) is 18.2 Å². The number of benzene rings is 1. The Kier molecular flexibility index (Phi) is 7.42. The normalized spacial score (nSPS) is 10.3. The van der Waals surface area contributed by atoms with E-state index in [1.54, 1.807) is 0 Å². The van der Waals surface area contributed by atoms with E-state index in [0.29, 0.717) is 6.54 Å². The molecule has 110 valence electrons. The number of non-ortho nitro benzene ring substituents is 1. The number of carbonyl (C=O) groups excluding carboxylic acids is 1. The lowest BCUT2D eigenvalue weighted by atomic mass is 10.1. The topological polar surface area (TPSA) is 72.2 Å². The van der Waals surface area contributed by atoms with Crippen molar-refractivity contribution in [2.75, 3.05) is 11.0 Å². The zero-order chi connectivity index (χ0) is 15.0. The molecule has 1 N–H and O–H groups in total. The number of amides is 1. The molecule has 0 saturated carbocycles. The first-order chi connectivity index (χ1) is 9.54. The van der Waals surface area contributed by atoms with Crippen molar-refractivity contribution in [3.8, 4) is 0 Å². The fourth-order valence-electron chi connectivity index (χ4n) is 1.69. The first-order valence-electron chi connectivity index (χ1n) is 6.33. The number of carbonyl (C=O) groups is 1. The maximum Gasteiger partial charge on any atom is 0.273 e. The fourth-order valence-corrected chi connectivity index (χ4v) is 2.23. The molecular formula is C13H16FIN2O3. The van der Waals surface area contributed by atoms with Crippen LogP contribution in [-0.2, 0) is 0 Å². The molecule has 1 amide bonds. The number of alkyl halides is 1. The molecule has 1 rings (SSSR count). The number of nitrogens with zero attached hydrogens (tertiary/aromatic N) is 1. The van der Waals surface area contributed by atoms with Gasteiger partial charge in [0.25, 0.3) is 11.6 Å². The summed E-state index contributed by atoms with van der Waals surface area (Å²) in [4.78, 5) is 21.6. The number of nitro benzene ring substituents is 1. The molecule has 0 aromatic heterocycles. The molecule has 0 radical (unpaired) electrons. The molecule has 5 nitrogen and oxygen atoms in total. The molecule has 1 aromatic rings. The predicted octanol–water partition coefficient (Wildman–Crippen LogP) is 3.46. The second-order valence-corrected chi connectivity index (χ2v) is 5.39. The van der Waals surface area contributed by atoms with E-state index in [0.717, 1.165) is 48.3 Å². The zero-order valence-corrected chi connectivity index (χ0v) is 13.1. The molecule has 0 spiro atoms. The number of halogens is 2. The van der Waals surface area contributed by atoms with Crippen molar-refractivity contribution < 1.29 is 14.1 Å². The summed E-state index contributed by atoms with van der Waals surface area (Å²) in [6.07, 6.45) is 4.14. The van der Waals surface area contributed by atoms with Crippen LogP contribution in [0.25, 0.3) is 0 Å². The number of unbranched alkanes of at least 4 members (excludes halogenated alkanes) is 3. The largest absolute Gasteiger partial charge is 0.352 e. The van der Waals surface area contributed by atoms with Gasteiger partial charge in [0.2, 0.25) is 0 Å². The molecular weight excluding hydrogens is 378 g/mol. The van der Waals surface area contributed by atoms with Gasteiger partial charge in [-0.05, 0) is 23.3 Å². The van der Waals surface area contributed by atoms with Crippen molar-refractivity contribution in [1.82, 2.24) is 5.32 Å². The summed E-state index contributed by atoms with van der Waals surface area (Å²) in [5.41, 5.74) is -0.443. The summed E-state index contributed by atoms with van der Waals surface area (Å²) in [6, 6.07) is 2.87. The Morgan fingerprint density at radius 2 is 1.95 bits per heavy atom. The van der Waals surface area contributed by atoms with Gasteiger partial charge in [-0.2, -0.15) is 0 Å². The molecule has 0 aliphatic heterocycles. The van der Waals surface area contributed by atoms with E-state index in [9.17, 15) is 19.3 Å². The van der Waals surface area contributed by atoms with Crippen LogP contribution in [0.3, 0.4) is 0 Å². The molecule has 0 unspecified atom stereocenters. The van der Waals surface area contributed by atoms with E-state index in [1.807, 2.05) is 0 Å². The van der Waals surface area contributed by atoms with E-state index < -0.39 is 22.3 Å². The molecule has 20 heavy (non-hydrogen) atoms. The molecule has 0 atom stereocenters. The van der Waals surface area contributed by atoms with E-state index in [4.69, 9.17) is 0 Å². The van der Waals surface area contributed by atoms with Crippen molar-refractivity contribution in [3.05, 3.63) is 39.7 Å². The van der Waals surface area contributed by atoms with Crippen LogP contribution >= 0.6 is 22.6 Å². The number of rotatable bonds is 8. The van der Waals surface area contributed by atoms with Gasteiger partial charge < -0.3 is 5.32 Å². The summed E-state index contributed by atoms with van der Waals surface area (Å²) in [6.45, 7) is 0.490. The minimum atomic E-state index is -0.786. The van der Waals surface area contributed by atoms with Crippen LogP contribution < -0.4 is 5.32 Å². The molecule has 0 aliphatic rings. The highest BCUT2D eigenvalue weighted by Gasteiger charge is 2.14. The lowest BCUT2D eigenvalue weighted by molar-refractivity contribution is -0.385. The van der Waals surface area contributed by atoms with E-state index >= 15 is 0 Å². The highest BCUT2D eigenvalue weighted by atomic mass is 127. The van der Waals surface area contributed by atoms with Gasteiger partial charge in [-0.25, -0.2) is 4.39 Å². The Morgan fingerprint density at radius 1 is 1.25 bits per heavy atom. The number of hydrogen-bond donors (Lipinski definition) is 1. The summed E-state index contributed by atoms with van der Waals surface area (Å²) in [7, 11) is 0. The van der Waals surface area contributed by atoms with Crippen LogP contribution in [0.5, 0.6) is 0 Å².